The number of likely N-dealkylation sites (tertiary alicyclic amines) is 1. The van der Waals surface area contributed by atoms with Gasteiger partial charge in [-0.15, -0.1) is 0 Å². The van der Waals surface area contributed by atoms with Crippen LogP contribution in [0.4, 0.5) is 4.79 Å². The highest BCUT2D eigenvalue weighted by Crippen LogP contribution is 2.27. The molecule has 1 saturated heterocycles. The van der Waals surface area contributed by atoms with Gasteiger partial charge in [0.25, 0.3) is 0 Å². The van der Waals surface area contributed by atoms with E-state index in [0.717, 1.165) is 10.5 Å². The van der Waals surface area contributed by atoms with Crippen LogP contribution in [0.25, 0.3) is 0 Å². The highest BCUT2D eigenvalue weighted by Gasteiger charge is 2.46. The smallest absolute Gasteiger partial charge is 0.411 e. The molecular formula is C16H19NO6. The number of rotatable bonds is 4. The number of methoxy groups -OCH3 is 2. The van der Waals surface area contributed by atoms with E-state index in [1.807, 2.05) is 30.3 Å². The summed E-state index contributed by atoms with van der Waals surface area (Å²) >= 11 is 0. The maximum atomic E-state index is 12.4. The van der Waals surface area contributed by atoms with E-state index < -0.39 is 30.1 Å². The van der Waals surface area contributed by atoms with Gasteiger partial charge < -0.3 is 14.2 Å². The number of ether oxygens (including phenoxy) is 3. The van der Waals surface area contributed by atoms with E-state index in [1.165, 1.54) is 14.2 Å². The number of benzene rings is 1. The van der Waals surface area contributed by atoms with Crippen LogP contribution in [0.1, 0.15) is 18.4 Å². The first-order valence-electron chi connectivity index (χ1n) is 7.23. The molecule has 0 N–H and O–H groups in total. The van der Waals surface area contributed by atoms with Crippen LogP contribution < -0.4 is 0 Å². The van der Waals surface area contributed by atoms with Gasteiger partial charge in [0.1, 0.15) is 18.7 Å². The monoisotopic (exact) mass is 321 g/mol. The lowest BCUT2D eigenvalue weighted by Gasteiger charge is -2.26. The van der Waals surface area contributed by atoms with Crippen molar-refractivity contribution in [2.75, 3.05) is 14.2 Å². The van der Waals surface area contributed by atoms with Crippen LogP contribution in [0.2, 0.25) is 0 Å². The molecule has 7 nitrogen and oxygen atoms in total. The predicted octanol–water partition coefficient (Wildman–Crippen LogP) is 1.50. The lowest BCUT2D eigenvalue weighted by atomic mass is 10.2. The molecule has 0 bridgehead atoms. The fourth-order valence-electron chi connectivity index (χ4n) is 2.59. The molecule has 1 aliphatic rings. The van der Waals surface area contributed by atoms with Gasteiger partial charge in [0, 0.05) is 0 Å². The van der Waals surface area contributed by atoms with Gasteiger partial charge in [0.05, 0.1) is 14.2 Å². The summed E-state index contributed by atoms with van der Waals surface area (Å²) in [4.78, 5) is 37.2. The number of esters is 2. The third kappa shape index (κ3) is 3.80. The SMILES string of the molecule is COC(=O)[C@@H]1CC[C@@H](C(=O)OC)N1C(=O)OCc1ccccc1. The summed E-state index contributed by atoms with van der Waals surface area (Å²) in [5.41, 5.74) is 0.810. The van der Waals surface area contributed by atoms with Crippen molar-refractivity contribution in [3.8, 4) is 0 Å². The third-order valence-electron chi connectivity index (χ3n) is 3.75. The van der Waals surface area contributed by atoms with Gasteiger partial charge in [0.15, 0.2) is 0 Å². The summed E-state index contributed by atoms with van der Waals surface area (Å²) < 4.78 is 14.6. The Labute approximate surface area is 134 Å². The number of hydrogen-bond donors (Lipinski definition) is 0. The van der Waals surface area contributed by atoms with E-state index in [2.05, 4.69) is 0 Å². The van der Waals surface area contributed by atoms with Gasteiger partial charge in [-0.1, -0.05) is 30.3 Å². The number of hydrogen-bond acceptors (Lipinski definition) is 6. The topological polar surface area (TPSA) is 82.1 Å². The first-order chi connectivity index (χ1) is 11.1. The van der Waals surface area contributed by atoms with Gasteiger partial charge in [-0.05, 0) is 18.4 Å². The molecule has 1 aromatic carbocycles. The molecule has 7 heteroatoms. The molecule has 0 aliphatic carbocycles. The van der Waals surface area contributed by atoms with Crippen molar-refractivity contribution in [1.29, 1.82) is 0 Å². The maximum absolute atomic E-state index is 12.4. The molecule has 2 atom stereocenters. The zero-order valence-electron chi connectivity index (χ0n) is 13.1. The van der Waals surface area contributed by atoms with Gasteiger partial charge in [0.2, 0.25) is 0 Å². The van der Waals surface area contributed by atoms with E-state index in [4.69, 9.17) is 14.2 Å². The van der Waals surface area contributed by atoms with Crippen LogP contribution >= 0.6 is 0 Å². The second-order valence-electron chi connectivity index (χ2n) is 5.10. The number of carbonyl (C=O) groups is 3. The fraction of sp³-hybridized carbons (Fsp3) is 0.438. The van der Waals surface area contributed by atoms with Crippen molar-refractivity contribution in [3.63, 3.8) is 0 Å². The first kappa shape index (κ1) is 16.8. The minimum Gasteiger partial charge on any atom is -0.467 e. The normalized spacial score (nSPS) is 20.0. The van der Waals surface area contributed by atoms with Gasteiger partial charge in [-0.25, -0.2) is 14.4 Å². The number of nitrogens with zero attached hydrogens (tertiary/aromatic N) is 1. The van der Waals surface area contributed by atoms with Crippen molar-refractivity contribution in [2.45, 2.75) is 31.5 Å². The van der Waals surface area contributed by atoms with Crippen LogP contribution in [-0.4, -0.2) is 49.2 Å². The Morgan fingerprint density at radius 1 is 1.00 bits per heavy atom. The quantitative estimate of drug-likeness (QED) is 0.617. The summed E-state index contributed by atoms with van der Waals surface area (Å²) in [6.07, 6.45) is -0.0862. The van der Waals surface area contributed by atoms with E-state index in [0.29, 0.717) is 12.8 Å². The molecule has 1 heterocycles. The van der Waals surface area contributed by atoms with Crippen molar-refractivity contribution in [2.24, 2.45) is 0 Å². The van der Waals surface area contributed by atoms with E-state index in [9.17, 15) is 14.4 Å². The summed E-state index contributed by atoms with van der Waals surface area (Å²) in [6, 6.07) is 7.45. The van der Waals surface area contributed by atoms with Crippen molar-refractivity contribution in [1.82, 2.24) is 4.90 Å². The van der Waals surface area contributed by atoms with Gasteiger partial charge >= 0.3 is 18.0 Å². The van der Waals surface area contributed by atoms with E-state index in [1.54, 1.807) is 0 Å². The minimum absolute atomic E-state index is 0.0535. The van der Waals surface area contributed by atoms with Gasteiger partial charge in [-0.3, -0.25) is 4.90 Å². The van der Waals surface area contributed by atoms with Crippen LogP contribution in [0.5, 0.6) is 0 Å². The highest BCUT2D eigenvalue weighted by molar-refractivity contribution is 5.88. The van der Waals surface area contributed by atoms with E-state index in [-0.39, 0.29) is 6.61 Å². The Morgan fingerprint density at radius 3 is 2.00 bits per heavy atom. The van der Waals surface area contributed by atoms with Crippen LogP contribution in [-0.2, 0) is 30.4 Å². The molecular weight excluding hydrogens is 302 g/mol. The summed E-state index contributed by atoms with van der Waals surface area (Å²) in [6.45, 7) is 0.0535. The molecule has 0 saturated carbocycles. The molecule has 1 aliphatic heterocycles. The average Bonchev–Trinajstić information content (AvgIpc) is 3.04. The molecule has 1 aromatic rings. The summed E-state index contributed by atoms with van der Waals surface area (Å²) in [7, 11) is 2.47. The third-order valence-corrected chi connectivity index (χ3v) is 3.75. The molecule has 23 heavy (non-hydrogen) atoms. The Morgan fingerprint density at radius 2 is 1.52 bits per heavy atom. The summed E-state index contributed by atoms with van der Waals surface area (Å²) in [5.74, 6) is -1.15. The molecule has 0 aromatic heterocycles. The molecule has 1 fully saturated rings. The largest absolute Gasteiger partial charge is 0.467 e. The molecule has 1 amide bonds. The van der Waals surface area contributed by atoms with Crippen LogP contribution in [0, 0.1) is 0 Å². The Hall–Kier alpha value is -2.57. The van der Waals surface area contributed by atoms with Crippen molar-refractivity contribution in [3.05, 3.63) is 35.9 Å². The predicted molar refractivity (Wildman–Crippen MR) is 79.3 cm³/mol. The molecule has 0 spiro atoms. The Balaban J connectivity index is 2.10. The minimum atomic E-state index is -0.840. The zero-order valence-corrected chi connectivity index (χ0v) is 13.1. The Kier molecular flexibility index (Phi) is 5.56. The highest BCUT2D eigenvalue weighted by atomic mass is 16.6. The van der Waals surface area contributed by atoms with Crippen molar-refractivity contribution < 1.29 is 28.6 Å². The van der Waals surface area contributed by atoms with Crippen molar-refractivity contribution >= 4 is 18.0 Å². The molecule has 0 radical (unpaired) electrons. The molecule has 124 valence electrons. The van der Waals surface area contributed by atoms with E-state index >= 15 is 0 Å². The lowest BCUT2D eigenvalue weighted by molar-refractivity contribution is -0.149. The van der Waals surface area contributed by atoms with Gasteiger partial charge in [-0.2, -0.15) is 0 Å². The molecule has 0 unspecified atom stereocenters. The zero-order chi connectivity index (χ0) is 16.8. The average molecular weight is 321 g/mol. The van der Waals surface area contributed by atoms with Crippen LogP contribution in [0.3, 0.4) is 0 Å². The Bertz CT molecular complexity index is 549. The summed E-state index contributed by atoms with van der Waals surface area (Å²) in [5, 5.41) is 0. The fourth-order valence-corrected chi connectivity index (χ4v) is 2.59. The number of carbonyl (C=O) groups excluding carboxylic acids is 3. The molecule has 2 rings (SSSR count). The lowest BCUT2D eigenvalue weighted by Crippen LogP contribution is -2.48. The maximum Gasteiger partial charge on any atom is 0.411 e. The second-order valence-corrected chi connectivity index (χ2v) is 5.10. The number of amides is 1. The standard InChI is InChI=1S/C16H19NO6/c1-21-14(18)12-8-9-13(15(19)22-2)17(12)16(20)23-10-11-6-4-3-5-7-11/h3-7,12-13H,8-10H2,1-2H3/t12-,13-/m0/s1. The first-order valence-corrected chi connectivity index (χ1v) is 7.23. The second kappa shape index (κ2) is 7.62. The van der Waals surface area contributed by atoms with Crippen LogP contribution in [0.15, 0.2) is 30.3 Å².